The molecule has 1 aliphatic rings. The molecule has 15 heavy (non-hydrogen) atoms. The lowest BCUT2D eigenvalue weighted by Crippen LogP contribution is -2.46. The third-order valence-corrected chi connectivity index (χ3v) is 3.44. The quantitative estimate of drug-likeness (QED) is 0.742. The van der Waals surface area contributed by atoms with Crippen molar-refractivity contribution in [1.82, 2.24) is 10.6 Å². The SMILES string of the molecule is CCC(C)C(=O)NCC1(C)CCCNC1. The normalized spacial score (nSPS) is 28.5. The molecule has 0 bridgehead atoms. The predicted octanol–water partition coefficient (Wildman–Crippen LogP) is 1.54. The van der Waals surface area contributed by atoms with Gasteiger partial charge in [-0.25, -0.2) is 0 Å². The molecule has 0 aromatic rings. The van der Waals surface area contributed by atoms with E-state index < -0.39 is 0 Å². The number of amides is 1. The molecule has 88 valence electrons. The van der Waals surface area contributed by atoms with Crippen molar-refractivity contribution in [2.75, 3.05) is 19.6 Å². The maximum Gasteiger partial charge on any atom is 0.222 e. The summed E-state index contributed by atoms with van der Waals surface area (Å²) in [6.45, 7) is 9.23. The van der Waals surface area contributed by atoms with Crippen molar-refractivity contribution in [2.24, 2.45) is 11.3 Å². The maximum absolute atomic E-state index is 11.6. The molecule has 3 nitrogen and oxygen atoms in total. The molecule has 1 heterocycles. The van der Waals surface area contributed by atoms with Crippen LogP contribution in [0.5, 0.6) is 0 Å². The van der Waals surface area contributed by atoms with Gasteiger partial charge in [0.15, 0.2) is 0 Å². The molecular weight excluding hydrogens is 188 g/mol. The second-order valence-electron chi connectivity index (χ2n) is 5.12. The van der Waals surface area contributed by atoms with E-state index in [1.54, 1.807) is 0 Å². The minimum atomic E-state index is 0.144. The molecule has 0 aromatic carbocycles. The van der Waals surface area contributed by atoms with Gasteiger partial charge in [0.25, 0.3) is 0 Å². The summed E-state index contributed by atoms with van der Waals surface area (Å²) in [5.41, 5.74) is 0.251. The van der Waals surface area contributed by atoms with Gasteiger partial charge in [-0.15, -0.1) is 0 Å². The highest BCUT2D eigenvalue weighted by molar-refractivity contribution is 5.78. The molecule has 3 heteroatoms. The number of piperidine rings is 1. The Bertz CT molecular complexity index is 210. The minimum Gasteiger partial charge on any atom is -0.355 e. The first-order valence-corrected chi connectivity index (χ1v) is 6.06. The molecule has 1 aliphatic heterocycles. The van der Waals surface area contributed by atoms with Gasteiger partial charge >= 0.3 is 0 Å². The van der Waals surface area contributed by atoms with E-state index in [0.717, 1.165) is 26.1 Å². The molecule has 0 spiro atoms. The van der Waals surface area contributed by atoms with Crippen molar-refractivity contribution in [2.45, 2.75) is 40.0 Å². The standard InChI is InChI=1S/C12H24N2O/c1-4-10(2)11(15)14-9-12(3)6-5-7-13-8-12/h10,13H,4-9H2,1-3H3,(H,14,15). The Labute approximate surface area is 93.0 Å². The predicted molar refractivity (Wildman–Crippen MR) is 62.7 cm³/mol. The van der Waals surface area contributed by atoms with Crippen molar-refractivity contribution in [3.63, 3.8) is 0 Å². The van der Waals surface area contributed by atoms with Crippen LogP contribution in [0.25, 0.3) is 0 Å². The van der Waals surface area contributed by atoms with Gasteiger partial charge in [0.05, 0.1) is 0 Å². The molecular formula is C12H24N2O. The largest absolute Gasteiger partial charge is 0.355 e. The summed E-state index contributed by atoms with van der Waals surface area (Å²) in [4.78, 5) is 11.6. The molecule has 1 fully saturated rings. The van der Waals surface area contributed by atoms with E-state index in [-0.39, 0.29) is 17.2 Å². The lowest BCUT2D eigenvalue weighted by atomic mass is 9.82. The molecule has 0 aromatic heterocycles. The number of hydrogen-bond donors (Lipinski definition) is 2. The van der Waals surface area contributed by atoms with Gasteiger partial charge in [-0.3, -0.25) is 4.79 Å². The van der Waals surface area contributed by atoms with Gasteiger partial charge < -0.3 is 10.6 Å². The Kier molecular flexibility index (Phi) is 4.58. The number of hydrogen-bond acceptors (Lipinski definition) is 2. The van der Waals surface area contributed by atoms with Gasteiger partial charge in [0.2, 0.25) is 5.91 Å². The van der Waals surface area contributed by atoms with Crippen molar-refractivity contribution in [3.05, 3.63) is 0 Å². The summed E-state index contributed by atoms with van der Waals surface area (Å²) in [5, 5.41) is 6.46. The monoisotopic (exact) mass is 212 g/mol. The zero-order valence-electron chi connectivity index (χ0n) is 10.2. The van der Waals surface area contributed by atoms with E-state index in [1.807, 2.05) is 13.8 Å². The summed E-state index contributed by atoms with van der Waals surface area (Å²) in [7, 11) is 0. The average molecular weight is 212 g/mol. The highest BCUT2D eigenvalue weighted by Gasteiger charge is 2.27. The molecule has 1 saturated heterocycles. The number of rotatable bonds is 4. The van der Waals surface area contributed by atoms with Gasteiger partial charge in [0.1, 0.15) is 0 Å². The van der Waals surface area contributed by atoms with Crippen molar-refractivity contribution in [1.29, 1.82) is 0 Å². The molecule has 2 unspecified atom stereocenters. The average Bonchev–Trinajstić information content (AvgIpc) is 2.26. The highest BCUT2D eigenvalue weighted by atomic mass is 16.1. The maximum atomic E-state index is 11.6. The summed E-state index contributed by atoms with van der Waals surface area (Å²) >= 11 is 0. The summed E-state index contributed by atoms with van der Waals surface area (Å²) in [5.74, 6) is 0.342. The van der Waals surface area contributed by atoms with Gasteiger partial charge in [-0.1, -0.05) is 20.8 Å². The summed E-state index contributed by atoms with van der Waals surface area (Å²) < 4.78 is 0. The molecule has 1 amide bonds. The second kappa shape index (κ2) is 5.50. The third-order valence-electron chi connectivity index (χ3n) is 3.44. The van der Waals surface area contributed by atoms with E-state index >= 15 is 0 Å². The second-order valence-corrected chi connectivity index (χ2v) is 5.12. The Morgan fingerprint density at radius 1 is 1.60 bits per heavy atom. The summed E-state index contributed by atoms with van der Waals surface area (Å²) in [6, 6.07) is 0. The molecule has 0 saturated carbocycles. The number of carbonyl (C=O) groups excluding carboxylic acids is 1. The van der Waals surface area contributed by atoms with Gasteiger partial charge in [-0.05, 0) is 31.2 Å². The van der Waals surface area contributed by atoms with E-state index in [1.165, 1.54) is 12.8 Å². The van der Waals surface area contributed by atoms with Crippen LogP contribution in [0.1, 0.15) is 40.0 Å². The molecule has 2 atom stereocenters. The van der Waals surface area contributed by atoms with Crippen LogP contribution in [0, 0.1) is 11.3 Å². The topological polar surface area (TPSA) is 41.1 Å². The third kappa shape index (κ3) is 3.82. The van der Waals surface area contributed by atoms with Crippen molar-refractivity contribution in [3.8, 4) is 0 Å². The zero-order valence-corrected chi connectivity index (χ0v) is 10.2. The van der Waals surface area contributed by atoms with Crippen LogP contribution in [0.3, 0.4) is 0 Å². The lowest BCUT2D eigenvalue weighted by Gasteiger charge is -2.34. The Hall–Kier alpha value is -0.570. The van der Waals surface area contributed by atoms with Crippen LogP contribution in [0.15, 0.2) is 0 Å². The van der Waals surface area contributed by atoms with E-state index in [4.69, 9.17) is 0 Å². The van der Waals surface area contributed by atoms with E-state index in [0.29, 0.717) is 0 Å². The van der Waals surface area contributed by atoms with Crippen LogP contribution in [0.4, 0.5) is 0 Å². The molecule has 0 radical (unpaired) electrons. The van der Waals surface area contributed by atoms with Crippen molar-refractivity contribution >= 4 is 5.91 Å². The minimum absolute atomic E-state index is 0.144. The van der Waals surface area contributed by atoms with Crippen LogP contribution in [-0.4, -0.2) is 25.5 Å². The Morgan fingerprint density at radius 2 is 2.33 bits per heavy atom. The van der Waals surface area contributed by atoms with E-state index in [2.05, 4.69) is 17.6 Å². The van der Waals surface area contributed by atoms with Gasteiger partial charge in [0, 0.05) is 19.0 Å². The molecule has 1 rings (SSSR count). The fourth-order valence-corrected chi connectivity index (χ4v) is 1.93. The Morgan fingerprint density at radius 3 is 2.87 bits per heavy atom. The lowest BCUT2D eigenvalue weighted by molar-refractivity contribution is -0.125. The fourth-order valence-electron chi connectivity index (χ4n) is 1.93. The zero-order chi connectivity index (χ0) is 11.3. The van der Waals surface area contributed by atoms with Crippen LogP contribution in [-0.2, 0) is 4.79 Å². The van der Waals surface area contributed by atoms with Crippen LogP contribution >= 0.6 is 0 Å². The van der Waals surface area contributed by atoms with Crippen LogP contribution < -0.4 is 10.6 Å². The van der Waals surface area contributed by atoms with Gasteiger partial charge in [-0.2, -0.15) is 0 Å². The first kappa shape index (κ1) is 12.5. The molecule has 2 N–H and O–H groups in total. The Balaban J connectivity index is 2.31. The smallest absolute Gasteiger partial charge is 0.222 e. The first-order chi connectivity index (χ1) is 7.07. The highest BCUT2D eigenvalue weighted by Crippen LogP contribution is 2.24. The summed E-state index contributed by atoms with van der Waals surface area (Å²) in [6.07, 6.45) is 3.34. The first-order valence-electron chi connectivity index (χ1n) is 6.06. The number of nitrogens with one attached hydrogen (secondary N) is 2. The van der Waals surface area contributed by atoms with Crippen molar-refractivity contribution < 1.29 is 4.79 Å². The molecule has 0 aliphatic carbocycles. The van der Waals surface area contributed by atoms with Crippen LogP contribution in [0.2, 0.25) is 0 Å². The number of carbonyl (C=O) groups is 1. The fraction of sp³-hybridized carbons (Fsp3) is 0.917. The van der Waals surface area contributed by atoms with E-state index in [9.17, 15) is 4.79 Å².